The number of carbonyl (C=O) groups excluding carboxylic acids is 1. The number of hydrogen-bond acceptors (Lipinski definition) is 4. The molecule has 0 radical (unpaired) electrons. The first-order chi connectivity index (χ1) is 15.2. The number of aryl methyl sites for hydroxylation is 2. The quantitative estimate of drug-likeness (QED) is 0.497. The normalized spacial score (nSPS) is 12.1. The molecule has 3 aromatic carbocycles. The van der Waals surface area contributed by atoms with Crippen molar-refractivity contribution < 1.29 is 22.3 Å². The molecule has 0 aliphatic carbocycles. The lowest BCUT2D eigenvalue weighted by Crippen LogP contribution is -2.32. The summed E-state index contributed by atoms with van der Waals surface area (Å²) < 4.78 is 46.4. The number of benzene rings is 3. The fourth-order valence-corrected chi connectivity index (χ4v) is 4.04. The van der Waals surface area contributed by atoms with E-state index in [0.29, 0.717) is 17.9 Å². The predicted molar refractivity (Wildman–Crippen MR) is 123 cm³/mol. The van der Waals surface area contributed by atoms with Crippen molar-refractivity contribution in [3.8, 4) is 5.75 Å². The van der Waals surface area contributed by atoms with Gasteiger partial charge in [-0.15, -0.1) is 0 Å². The van der Waals surface area contributed by atoms with Gasteiger partial charge in [0.05, 0.1) is 4.90 Å². The van der Waals surface area contributed by atoms with Crippen LogP contribution in [0.15, 0.2) is 71.6 Å². The third-order valence-corrected chi connectivity index (χ3v) is 6.20. The largest absolute Gasteiger partial charge is 0.480 e. The topological polar surface area (TPSA) is 84.5 Å². The maximum atomic E-state index is 13.0. The van der Waals surface area contributed by atoms with Gasteiger partial charge >= 0.3 is 0 Å². The van der Waals surface area contributed by atoms with Gasteiger partial charge in [-0.2, -0.15) is 0 Å². The van der Waals surface area contributed by atoms with Gasteiger partial charge in [-0.1, -0.05) is 19.1 Å². The standard InChI is InChI=1S/C24H25FN2O4S/c1-4-22(31-23-15-16(2)5-6-17(23)3)24(28)26-19-11-13-21(14-12-19)32(29,30)27-20-9-7-18(25)8-10-20/h5-15,22,27H,4H2,1-3H3,(H,26,28)/t22-/m1/s1. The number of nitrogens with one attached hydrogen (secondary N) is 2. The monoisotopic (exact) mass is 456 g/mol. The summed E-state index contributed by atoms with van der Waals surface area (Å²) >= 11 is 0. The van der Waals surface area contributed by atoms with Gasteiger partial charge < -0.3 is 10.1 Å². The van der Waals surface area contributed by atoms with Crippen molar-refractivity contribution in [2.75, 3.05) is 10.0 Å². The van der Waals surface area contributed by atoms with E-state index < -0.39 is 21.9 Å². The Kier molecular flexibility index (Phi) is 7.15. The predicted octanol–water partition coefficient (Wildman–Crippen LogP) is 5.04. The van der Waals surface area contributed by atoms with Crippen LogP contribution in [0.25, 0.3) is 0 Å². The van der Waals surface area contributed by atoms with Gasteiger partial charge in [-0.25, -0.2) is 12.8 Å². The van der Waals surface area contributed by atoms with E-state index in [9.17, 15) is 17.6 Å². The van der Waals surface area contributed by atoms with Crippen molar-refractivity contribution in [1.29, 1.82) is 0 Å². The van der Waals surface area contributed by atoms with Gasteiger partial charge in [-0.05, 0) is 86.0 Å². The third kappa shape index (κ3) is 5.85. The van der Waals surface area contributed by atoms with Crippen LogP contribution in [0.5, 0.6) is 5.75 Å². The van der Waals surface area contributed by atoms with Crippen molar-refractivity contribution >= 4 is 27.3 Å². The molecule has 0 aliphatic heterocycles. The van der Waals surface area contributed by atoms with E-state index in [0.717, 1.165) is 11.1 Å². The zero-order valence-electron chi connectivity index (χ0n) is 18.1. The molecule has 0 fully saturated rings. The average molecular weight is 457 g/mol. The Labute approximate surface area is 187 Å². The van der Waals surface area contributed by atoms with Gasteiger partial charge in [0.2, 0.25) is 0 Å². The van der Waals surface area contributed by atoms with E-state index in [-0.39, 0.29) is 16.5 Å². The van der Waals surface area contributed by atoms with Crippen LogP contribution in [0.1, 0.15) is 24.5 Å². The first kappa shape index (κ1) is 23.3. The number of carbonyl (C=O) groups is 1. The molecule has 1 amide bonds. The zero-order valence-corrected chi connectivity index (χ0v) is 18.9. The van der Waals surface area contributed by atoms with Crippen molar-refractivity contribution in [3.63, 3.8) is 0 Å². The van der Waals surface area contributed by atoms with Crippen LogP contribution in [-0.4, -0.2) is 20.4 Å². The maximum Gasteiger partial charge on any atom is 0.265 e. The molecule has 0 spiro atoms. The molecule has 2 N–H and O–H groups in total. The molecule has 6 nitrogen and oxygen atoms in total. The number of anilines is 2. The molecule has 0 saturated carbocycles. The summed E-state index contributed by atoms with van der Waals surface area (Å²) in [7, 11) is -3.85. The van der Waals surface area contributed by atoms with E-state index in [1.165, 1.54) is 48.5 Å². The van der Waals surface area contributed by atoms with E-state index in [1.807, 2.05) is 39.0 Å². The summed E-state index contributed by atoms with van der Waals surface area (Å²) in [4.78, 5) is 12.7. The molecule has 0 unspecified atom stereocenters. The molecule has 3 rings (SSSR count). The van der Waals surface area contributed by atoms with E-state index in [2.05, 4.69) is 10.0 Å². The molecule has 0 saturated heterocycles. The summed E-state index contributed by atoms with van der Waals surface area (Å²) in [6.07, 6.45) is -0.230. The molecule has 168 valence electrons. The Hall–Kier alpha value is -3.39. The molecule has 32 heavy (non-hydrogen) atoms. The number of rotatable bonds is 8. The lowest BCUT2D eigenvalue weighted by Gasteiger charge is -2.19. The smallest absolute Gasteiger partial charge is 0.265 e. The van der Waals surface area contributed by atoms with Gasteiger partial charge in [-0.3, -0.25) is 9.52 Å². The van der Waals surface area contributed by atoms with E-state index in [4.69, 9.17) is 4.74 Å². The highest BCUT2D eigenvalue weighted by atomic mass is 32.2. The van der Waals surface area contributed by atoms with Crippen LogP contribution < -0.4 is 14.8 Å². The summed E-state index contributed by atoms with van der Waals surface area (Å²) in [5.74, 6) is -0.131. The lowest BCUT2D eigenvalue weighted by atomic mass is 10.1. The van der Waals surface area contributed by atoms with Gasteiger partial charge in [0, 0.05) is 11.4 Å². The SMILES string of the molecule is CC[C@@H](Oc1cc(C)ccc1C)C(=O)Nc1ccc(S(=O)(=O)Nc2ccc(F)cc2)cc1. The van der Waals surface area contributed by atoms with Gasteiger partial charge in [0.15, 0.2) is 6.10 Å². The third-order valence-electron chi connectivity index (χ3n) is 4.80. The highest BCUT2D eigenvalue weighted by Crippen LogP contribution is 2.23. The molecule has 0 aromatic heterocycles. The Morgan fingerprint density at radius 1 is 0.969 bits per heavy atom. The average Bonchev–Trinajstić information content (AvgIpc) is 2.76. The van der Waals surface area contributed by atoms with Crippen molar-refractivity contribution in [1.82, 2.24) is 0 Å². The molecular formula is C24H25FN2O4S. The first-order valence-corrected chi connectivity index (χ1v) is 11.6. The first-order valence-electron chi connectivity index (χ1n) is 10.1. The van der Waals surface area contributed by atoms with Crippen molar-refractivity contribution in [2.45, 2.75) is 38.2 Å². The van der Waals surface area contributed by atoms with Crippen molar-refractivity contribution in [3.05, 3.63) is 83.7 Å². The van der Waals surface area contributed by atoms with Crippen LogP contribution in [0, 0.1) is 19.7 Å². The second kappa shape index (κ2) is 9.82. The van der Waals surface area contributed by atoms with E-state index in [1.54, 1.807) is 0 Å². The number of ether oxygens (including phenoxy) is 1. The second-order valence-corrected chi connectivity index (χ2v) is 9.09. The Morgan fingerprint density at radius 3 is 2.22 bits per heavy atom. The Balaban J connectivity index is 1.67. The fourth-order valence-electron chi connectivity index (χ4n) is 2.98. The van der Waals surface area contributed by atoms with Crippen LogP contribution in [-0.2, 0) is 14.8 Å². The zero-order chi connectivity index (χ0) is 23.3. The van der Waals surface area contributed by atoms with Crippen LogP contribution in [0.3, 0.4) is 0 Å². The van der Waals surface area contributed by atoms with E-state index >= 15 is 0 Å². The second-order valence-electron chi connectivity index (χ2n) is 7.41. The van der Waals surface area contributed by atoms with Crippen LogP contribution in [0.2, 0.25) is 0 Å². The summed E-state index contributed by atoms with van der Waals surface area (Å²) in [5.41, 5.74) is 2.66. The molecule has 8 heteroatoms. The maximum absolute atomic E-state index is 13.0. The highest BCUT2D eigenvalue weighted by Gasteiger charge is 2.20. The number of sulfonamides is 1. The van der Waals surface area contributed by atoms with Gasteiger partial charge in [0.1, 0.15) is 11.6 Å². The van der Waals surface area contributed by atoms with Crippen LogP contribution in [0.4, 0.5) is 15.8 Å². The number of amides is 1. The Morgan fingerprint density at radius 2 is 1.59 bits per heavy atom. The molecule has 0 aliphatic rings. The summed E-state index contributed by atoms with van der Waals surface area (Å²) in [6.45, 7) is 5.72. The summed E-state index contributed by atoms with van der Waals surface area (Å²) in [5, 5.41) is 2.76. The molecule has 0 bridgehead atoms. The van der Waals surface area contributed by atoms with Gasteiger partial charge in [0.25, 0.3) is 15.9 Å². The van der Waals surface area contributed by atoms with Crippen molar-refractivity contribution in [2.24, 2.45) is 0 Å². The highest BCUT2D eigenvalue weighted by molar-refractivity contribution is 7.92. The summed E-state index contributed by atoms with van der Waals surface area (Å²) in [6, 6.07) is 16.6. The Bertz CT molecular complexity index is 1190. The molecule has 0 heterocycles. The minimum absolute atomic E-state index is 0.0125. The molecular weight excluding hydrogens is 431 g/mol. The fraction of sp³-hybridized carbons (Fsp3) is 0.208. The lowest BCUT2D eigenvalue weighted by molar-refractivity contribution is -0.122. The number of hydrogen-bond donors (Lipinski definition) is 2. The molecule has 3 aromatic rings. The number of halogens is 1. The molecule has 1 atom stereocenters. The minimum Gasteiger partial charge on any atom is -0.480 e. The van der Waals surface area contributed by atoms with Crippen LogP contribution >= 0.6 is 0 Å². The minimum atomic E-state index is -3.85.